The van der Waals surface area contributed by atoms with Gasteiger partial charge in [0.05, 0.1) is 6.20 Å². The van der Waals surface area contributed by atoms with Crippen molar-refractivity contribution < 1.29 is 14.3 Å². The minimum absolute atomic E-state index is 0.00321. The lowest BCUT2D eigenvalue weighted by molar-refractivity contribution is -0.134. The van der Waals surface area contributed by atoms with E-state index in [9.17, 15) is 9.59 Å². The van der Waals surface area contributed by atoms with Crippen molar-refractivity contribution in [2.75, 3.05) is 32.8 Å². The number of carbonyl (C=O) groups excluding carboxylic acids is 2. The first kappa shape index (κ1) is 18.8. The van der Waals surface area contributed by atoms with Crippen molar-refractivity contribution in [2.24, 2.45) is 0 Å². The standard InChI is InChI=1S/C20H24N4O3/c1-14-4-5-15(2)19(16(14)3)27-13-18(25)23-8-10-24(11-9-23)20(26)17-12-21-6-7-22-17/h4-7,12H,8-11,13H2,1-3H3. The summed E-state index contributed by atoms with van der Waals surface area (Å²) in [4.78, 5) is 36.3. The maximum absolute atomic E-state index is 12.5. The summed E-state index contributed by atoms with van der Waals surface area (Å²) in [7, 11) is 0. The van der Waals surface area contributed by atoms with Crippen LogP contribution in [0.15, 0.2) is 30.7 Å². The Kier molecular flexibility index (Phi) is 5.69. The molecule has 27 heavy (non-hydrogen) atoms. The molecule has 142 valence electrons. The molecule has 0 saturated carbocycles. The third-order valence-corrected chi connectivity index (χ3v) is 4.92. The van der Waals surface area contributed by atoms with E-state index in [4.69, 9.17) is 4.74 Å². The number of rotatable bonds is 4. The molecule has 1 aromatic carbocycles. The van der Waals surface area contributed by atoms with E-state index in [1.807, 2.05) is 32.9 Å². The highest BCUT2D eigenvalue weighted by Gasteiger charge is 2.26. The summed E-state index contributed by atoms with van der Waals surface area (Å²) < 4.78 is 5.82. The number of hydrogen-bond donors (Lipinski definition) is 0. The first-order chi connectivity index (χ1) is 13.0. The van der Waals surface area contributed by atoms with Gasteiger partial charge in [-0.2, -0.15) is 0 Å². The van der Waals surface area contributed by atoms with Gasteiger partial charge in [-0.05, 0) is 37.5 Å². The highest BCUT2D eigenvalue weighted by molar-refractivity contribution is 5.92. The molecule has 1 fully saturated rings. The molecule has 7 nitrogen and oxygen atoms in total. The van der Waals surface area contributed by atoms with Crippen LogP contribution >= 0.6 is 0 Å². The van der Waals surface area contributed by atoms with Crippen LogP contribution < -0.4 is 4.74 Å². The van der Waals surface area contributed by atoms with Crippen LogP contribution in [-0.4, -0.2) is 64.4 Å². The van der Waals surface area contributed by atoms with Crippen LogP contribution in [0, 0.1) is 20.8 Å². The van der Waals surface area contributed by atoms with Crippen molar-refractivity contribution >= 4 is 11.8 Å². The molecule has 0 unspecified atom stereocenters. The van der Waals surface area contributed by atoms with Crippen LogP contribution in [0.3, 0.4) is 0 Å². The number of aromatic nitrogens is 2. The maximum Gasteiger partial charge on any atom is 0.274 e. The van der Waals surface area contributed by atoms with Gasteiger partial charge in [0.25, 0.3) is 11.8 Å². The summed E-state index contributed by atoms with van der Waals surface area (Å²) in [6, 6.07) is 4.05. The van der Waals surface area contributed by atoms with Crippen LogP contribution in [0.25, 0.3) is 0 Å². The third kappa shape index (κ3) is 4.24. The van der Waals surface area contributed by atoms with Crippen molar-refractivity contribution in [2.45, 2.75) is 20.8 Å². The van der Waals surface area contributed by atoms with E-state index in [0.29, 0.717) is 31.9 Å². The van der Waals surface area contributed by atoms with Crippen LogP contribution in [0.4, 0.5) is 0 Å². The molecule has 1 aromatic heterocycles. The van der Waals surface area contributed by atoms with E-state index in [1.165, 1.54) is 18.6 Å². The van der Waals surface area contributed by atoms with Crippen LogP contribution in [-0.2, 0) is 4.79 Å². The van der Waals surface area contributed by atoms with Crippen LogP contribution in [0.5, 0.6) is 5.75 Å². The molecule has 0 atom stereocenters. The quantitative estimate of drug-likeness (QED) is 0.822. The molecule has 1 aliphatic rings. The summed E-state index contributed by atoms with van der Waals surface area (Å²) in [5, 5.41) is 0. The fraction of sp³-hybridized carbons (Fsp3) is 0.400. The fourth-order valence-corrected chi connectivity index (χ4v) is 3.10. The van der Waals surface area contributed by atoms with Crippen molar-refractivity contribution in [1.29, 1.82) is 0 Å². The number of nitrogens with zero attached hydrogens (tertiary/aromatic N) is 4. The van der Waals surface area contributed by atoms with E-state index < -0.39 is 0 Å². The first-order valence-electron chi connectivity index (χ1n) is 9.00. The summed E-state index contributed by atoms with van der Waals surface area (Å²) >= 11 is 0. The second kappa shape index (κ2) is 8.16. The molecule has 2 heterocycles. The van der Waals surface area contributed by atoms with Crippen molar-refractivity contribution in [3.8, 4) is 5.75 Å². The highest BCUT2D eigenvalue weighted by Crippen LogP contribution is 2.25. The first-order valence-corrected chi connectivity index (χ1v) is 9.00. The van der Waals surface area contributed by atoms with Crippen LogP contribution in [0.1, 0.15) is 27.2 Å². The van der Waals surface area contributed by atoms with Gasteiger partial charge in [0, 0.05) is 38.6 Å². The Labute approximate surface area is 159 Å². The van der Waals surface area contributed by atoms with Gasteiger partial charge >= 0.3 is 0 Å². The smallest absolute Gasteiger partial charge is 0.274 e. The number of hydrogen-bond acceptors (Lipinski definition) is 5. The average molecular weight is 368 g/mol. The predicted octanol–water partition coefficient (Wildman–Crippen LogP) is 1.77. The number of benzene rings is 1. The zero-order valence-corrected chi connectivity index (χ0v) is 15.9. The van der Waals surface area contributed by atoms with E-state index in [1.54, 1.807) is 9.80 Å². The van der Waals surface area contributed by atoms with Gasteiger partial charge in [0.2, 0.25) is 0 Å². The Morgan fingerprint density at radius 3 is 2.33 bits per heavy atom. The highest BCUT2D eigenvalue weighted by atomic mass is 16.5. The minimum Gasteiger partial charge on any atom is -0.483 e. The zero-order chi connectivity index (χ0) is 19.4. The van der Waals surface area contributed by atoms with E-state index in [-0.39, 0.29) is 18.4 Å². The SMILES string of the molecule is Cc1ccc(C)c(OCC(=O)N2CCN(C(=O)c3cnccn3)CC2)c1C. The lowest BCUT2D eigenvalue weighted by Crippen LogP contribution is -2.51. The lowest BCUT2D eigenvalue weighted by Gasteiger charge is -2.34. The Balaban J connectivity index is 1.53. The fourth-order valence-electron chi connectivity index (χ4n) is 3.10. The Morgan fingerprint density at radius 2 is 1.67 bits per heavy atom. The monoisotopic (exact) mass is 368 g/mol. The summed E-state index contributed by atoms with van der Waals surface area (Å²) in [5.41, 5.74) is 3.54. The van der Waals surface area contributed by atoms with Gasteiger partial charge in [0.1, 0.15) is 11.4 Å². The molecule has 0 bridgehead atoms. The number of ether oxygens (including phenoxy) is 1. The van der Waals surface area contributed by atoms with Gasteiger partial charge in [0.15, 0.2) is 6.61 Å². The molecule has 0 radical (unpaired) electrons. The zero-order valence-electron chi connectivity index (χ0n) is 15.9. The third-order valence-electron chi connectivity index (χ3n) is 4.92. The summed E-state index contributed by atoms with van der Waals surface area (Å²) in [6.45, 7) is 7.93. The molecule has 2 aromatic rings. The van der Waals surface area contributed by atoms with Gasteiger partial charge in [-0.25, -0.2) is 4.98 Å². The molecule has 1 aliphatic heterocycles. The summed E-state index contributed by atoms with van der Waals surface area (Å²) in [6.07, 6.45) is 4.49. The number of carbonyl (C=O) groups is 2. The topological polar surface area (TPSA) is 75.6 Å². The Morgan fingerprint density at radius 1 is 1.00 bits per heavy atom. The number of amides is 2. The molecule has 0 N–H and O–H groups in total. The largest absolute Gasteiger partial charge is 0.483 e. The summed E-state index contributed by atoms with van der Waals surface area (Å²) in [5.74, 6) is 0.555. The normalized spacial score (nSPS) is 14.2. The van der Waals surface area contributed by atoms with Crippen molar-refractivity contribution in [3.63, 3.8) is 0 Å². The average Bonchev–Trinajstić information content (AvgIpc) is 2.71. The van der Waals surface area contributed by atoms with E-state index in [0.717, 1.165) is 22.4 Å². The van der Waals surface area contributed by atoms with Crippen molar-refractivity contribution in [1.82, 2.24) is 19.8 Å². The molecule has 2 amide bonds. The number of piperazine rings is 1. The second-order valence-corrected chi connectivity index (χ2v) is 6.71. The van der Waals surface area contributed by atoms with Gasteiger partial charge in [-0.1, -0.05) is 12.1 Å². The Bertz CT molecular complexity index is 831. The van der Waals surface area contributed by atoms with E-state index >= 15 is 0 Å². The van der Waals surface area contributed by atoms with Gasteiger partial charge < -0.3 is 14.5 Å². The molecule has 1 saturated heterocycles. The minimum atomic E-state index is -0.155. The van der Waals surface area contributed by atoms with E-state index in [2.05, 4.69) is 9.97 Å². The molecular weight excluding hydrogens is 344 g/mol. The molecule has 0 spiro atoms. The second-order valence-electron chi connectivity index (χ2n) is 6.71. The molecule has 7 heteroatoms. The molecular formula is C20H24N4O3. The number of aryl methyl sites for hydroxylation is 2. The predicted molar refractivity (Wildman–Crippen MR) is 101 cm³/mol. The molecule has 3 rings (SSSR count). The van der Waals surface area contributed by atoms with Crippen LogP contribution in [0.2, 0.25) is 0 Å². The van der Waals surface area contributed by atoms with Gasteiger partial charge in [-0.3, -0.25) is 14.6 Å². The molecule has 0 aliphatic carbocycles. The lowest BCUT2D eigenvalue weighted by atomic mass is 10.1. The van der Waals surface area contributed by atoms with Gasteiger partial charge in [-0.15, -0.1) is 0 Å². The Hall–Kier alpha value is -2.96. The maximum atomic E-state index is 12.5. The van der Waals surface area contributed by atoms with Crippen molar-refractivity contribution in [3.05, 3.63) is 53.1 Å².